The highest BCUT2D eigenvalue weighted by Crippen LogP contribution is 2.28. The van der Waals surface area contributed by atoms with Crippen molar-refractivity contribution in [3.63, 3.8) is 0 Å². The predicted molar refractivity (Wildman–Crippen MR) is 115 cm³/mol. The summed E-state index contributed by atoms with van der Waals surface area (Å²) in [5.74, 6) is 0.103. The number of benzene rings is 2. The van der Waals surface area contributed by atoms with Crippen molar-refractivity contribution in [1.29, 1.82) is 5.26 Å². The lowest BCUT2D eigenvalue weighted by Crippen LogP contribution is -2.35. The minimum absolute atomic E-state index is 0.103. The first-order valence-corrected chi connectivity index (χ1v) is 10.1. The Hall–Kier alpha value is -3.10. The Morgan fingerprint density at radius 1 is 1.14 bits per heavy atom. The minimum Gasteiger partial charge on any atom is -0.379 e. The Bertz CT molecular complexity index is 1080. The number of amides is 1. The Kier molecular flexibility index (Phi) is 5.64. The van der Waals surface area contributed by atoms with Gasteiger partial charge in [0.25, 0.3) is 5.91 Å². The average molecular weight is 405 g/mol. The van der Waals surface area contributed by atoms with Crippen LogP contribution in [0.15, 0.2) is 48.7 Å². The topological polar surface area (TPSA) is 69.0 Å². The van der Waals surface area contributed by atoms with Crippen LogP contribution in [0.5, 0.6) is 0 Å². The smallest absolute Gasteiger partial charge is 0.253 e. The van der Waals surface area contributed by atoms with E-state index >= 15 is 0 Å². The molecule has 1 amide bonds. The number of likely N-dealkylation sites (tertiary alicyclic amines) is 1. The second kappa shape index (κ2) is 8.50. The average Bonchev–Trinajstić information content (AvgIpc) is 2.77. The van der Waals surface area contributed by atoms with Gasteiger partial charge in [0.1, 0.15) is 6.07 Å². The van der Waals surface area contributed by atoms with Gasteiger partial charge in [-0.05, 0) is 55.2 Å². The number of hydrogen-bond acceptors (Lipinski definition) is 4. The van der Waals surface area contributed by atoms with Crippen LogP contribution in [0, 0.1) is 11.3 Å². The van der Waals surface area contributed by atoms with E-state index in [2.05, 4.69) is 16.4 Å². The molecular weight excluding hydrogens is 384 g/mol. The highest BCUT2D eigenvalue weighted by atomic mass is 35.5. The van der Waals surface area contributed by atoms with E-state index in [4.69, 9.17) is 11.6 Å². The number of carbonyl (C=O) groups is 1. The predicted octanol–water partition coefficient (Wildman–Crippen LogP) is 5.00. The molecule has 29 heavy (non-hydrogen) atoms. The summed E-state index contributed by atoms with van der Waals surface area (Å²) in [6.07, 6.45) is 4.94. The molecule has 1 fully saturated rings. The second-order valence-electron chi connectivity index (χ2n) is 7.22. The zero-order valence-electron chi connectivity index (χ0n) is 16.0. The van der Waals surface area contributed by atoms with Crippen LogP contribution in [-0.2, 0) is 6.54 Å². The van der Waals surface area contributed by atoms with Crippen molar-refractivity contribution < 1.29 is 4.79 Å². The first-order valence-electron chi connectivity index (χ1n) is 9.76. The summed E-state index contributed by atoms with van der Waals surface area (Å²) in [4.78, 5) is 18.9. The zero-order valence-corrected chi connectivity index (χ0v) is 16.7. The van der Waals surface area contributed by atoms with Gasteiger partial charge in [0, 0.05) is 41.8 Å². The lowest BCUT2D eigenvalue weighted by Gasteiger charge is -2.26. The van der Waals surface area contributed by atoms with Crippen molar-refractivity contribution in [1.82, 2.24) is 9.88 Å². The van der Waals surface area contributed by atoms with Gasteiger partial charge in [0.15, 0.2) is 0 Å². The van der Waals surface area contributed by atoms with Crippen molar-refractivity contribution >= 4 is 34.1 Å². The number of anilines is 1. The second-order valence-corrected chi connectivity index (χ2v) is 7.66. The molecule has 4 rings (SSSR count). The molecule has 6 heteroatoms. The van der Waals surface area contributed by atoms with Crippen molar-refractivity contribution in [2.24, 2.45) is 0 Å². The monoisotopic (exact) mass is 404 g/mol. The van der Waals surface area contributed by atoms with E-state index in [1.165, 1.54) is 6.42 Å². The van der Waals surface area contributed by atoms with Crippen LogP contribution in [0.3, 0.4) is 0 Å². The molecule has 2 heterocycles. The van der Waals surface area contributed by atoms with Crippen LogP contribution < -0.4 is 5.32 Å². The van der Waals surface area contributed by atoms with Crippen LogP contribution in [0.2, 0.25) is 5.02 Å². The summed E-state index contributed by atoms with van der Waals surface area (Å²) in [5.41, 5.74) is 3.70. The molecule has 146 valence electrons. The Morgan fingerprint density at radius 2 is 1.90 bits per heavy atom. The third-order valence-electron chi connectivity index (χ3n) is 5.26. The number of carbonyl (C=O) groups excluding carboxylic acids is 1. The summed E-state index contributed by atoms with van der Waals surface area (Å²) < 4.78 is 0. The minimum atomic E-state index is 0.103. The Labute approximate surface area is 174 Å². The number of nitrogens with zero attached hydrogens (tertiary/aromatic N) is 3. The number of aromatic nitrogens is 1. The van der Waals surface area contributed by atoms with Crippen molar-refractivity contribution in [3.05, 3.63) is 70.4 Å². The first kappa shape index (κ1) is 19.2. The number of pyridine rings is 1. The van der Waals surface area contributed by atoms with Gasteiger partial charge in [-0.15, -0.1) is 0 Å². The van der Waals surface area contributed by atoms with Gasteiger partial charge >= 0.3 is 0 Å². The molecule has 0 aliphatic carbocycles. The Balaban J connectivity index is 1.51. The van der Waals surface area contributed by atoms with Crippen molar-refractivity contribution in [3.8, 4) is 6.07 Å². The molecule has 5 nitrogen and oxygen atoms in total. The summed E-state index contributed by atoms with van der Waals surface area (Å²) in [6, 6.07) is 15.3. The maximum Gasteiger partial charge on any atom is 0.253 e. The van der Waals surface area contributed by atoms with Crippen LogP contribution in [0.1, 0.15) is 40.7 Å². The number of piperidine rings is 1. The fourth-order valence-corrected chi connectivity index (χ4v) is 3.85. The summed E-state index contributed by atoms with van der Waals surface area (Å²) >= 11 is 6.14. The fourth-order valence-electron chi connectivity index (χ4n) is 3.68. The van der Waals surface area contributed by atoms with E-state index in [0.717, 1.165) is 48.0 Å². The first-order chi connectivity index (χ1) is 14.2. The van der Waals surface area contributed by atoms with Gasteiger partial charge in [0.2, 0.25) is 0 Å². The molecule has 2 aromatic carbocycles. The zero-order chi connectivity index (χ0) is 20.2. The number of halogens is 1. The van der Waals surface area contributed by atoms with E-state index in [1.54, 1.807) is 12.3 Å². The third-order valence-corrected chi connectivity index (χ3v) is 5.50. The van der Waals surface area contributed by atoms with Crippen LogP contribution in [-0.4, -0.2) is 28.9 Å². The van der Waals surface area contributed by atoms with E-state index in [9.17, 15) is 10.1 Å². The molecule has 1 aromatic heterocycles. The quantitative estimate of drug-likeness (QED) is 0.664. The molecule has 1 saturated heterocycles. The van der Waals surface area contributed by atoms with Gasteiger partial charge in [-0.3, -0.25) is 9.78 Å². The standard InChI is InChI=1S/C23H21ClN4O/c24-19-8-9-21-20(12-19)22(18(13-25)15-26-21)27-14-16-4-6-17(7-5-16)23(29)28-10-2-1-3-11-28/h4-9,12,15H,1-3,10-11,14H2,(H,26,27). The fraction of sp³-hybridized carbons (Fsp3) is 0.261. The van der Waals surface area contributed by atoms with Gasteiger partial charge in [0.05, 0.1) is 16.8 Å². The summed E-state index contributed by atoms with van der Waals surface area (Å²) in [6.45, 7) is 2.21. The number of nitrogens with one attached hydrogen (secondary N) is 1. The SMILES string of the molecule is N#Cc1cnc2ccc(Cl)cc2c1NCc1ccc(C(=O)N2CCCCC2)cc1. The maximum absolute atomic E-state index is 12.6. The normalized spacial score (nSPS) is 13.9. The molecule has 0 radical (unpaired) electrons. The molecule has 1 aliphatic rings. The van der Waals surface area contributed by atoms with Gasteiger partial charge in [-0.25, -0.2) is 0 Å². The van der Waals surface area contributed by atoms with Gasteiger partial charge in [-0.2, -0.15) is 5.26 Å². The lowest BCUT2D eigenvalue weighted by atomic mass is 10.1. The van der Waals surface area contributed by atoms with Crippen LogP contribution in [0.4, 0.5) is 5.69 Å². The van der Waals surface area contributed by atoms with E-state index in [0.29, 0.717) is 22.8 Å². The molecule has 0 unspecified atom stereocenters. The summed E-state index contributed by atoms with van der Waals surface area (Å²) in [5, 5.41) is 14.2. The molecule has 1 N–H and O–H groups in total. The van der Waals surface area contributed by atoms with Crippen LogP contribution in [0.25, 0.3) is 10.9 Å². The van der Waals surface area contributed by atoms with Gasteiger partial charge in [-0.1, -0.05) is 23.7 Å². The van der Waals surface area contributed by atoms with E-state index in [-0.39, 0.29) is 5.91 Å². The van der Waals surface area contributed by atoms with Gasteiger partial charge < -0.3 is 10.2 Å². The maximum atomic E-state index is 12.6. The summed E-state index contributed by atoms with van der Waals surface area (Å²) in [7, 11) is 0. The lowest BCUT2D eigenvalue weighted by molar-refractivity contribution is 0.0724. The number of fused-ring (bicyclic) bond motifs is 1. The highest BCUT2D eigenvalue weighted by molar-refractivity contribution is 6.31. The molecule has 0 saturated carbocycles. The highest BCUT2D eigenvalue weighted by Gasteiger charge is 2.18. The number of hydrogen-bond donors (Lipinski definition) is 1. The number of rotatable bonds is 4. The molecule has 0 atom stereocenters. The molecule has 0 spiro atoms. The largest absolute Gasteiger partial charge is 0.379 e. The third kappa shape index (κ3) is 4.18. The van der Waals surface area contributed by atoms with E-state index < -0.39 is 0 Å². The molecular formula is C23H21ClN4O. The molecule has 1 aliphatic heterocycles. The van der Waals surface area contributed by atoms with Crippen molar-refractivity contribution in [2.75, 3.05) is 18.4 Å². The molecule has 3 aromatic rings. The van der Waals surface area contributed by atoms with E-state index in [1.807, 2.05) is 41.3 Å². The van der Waals surface area contributed by atoms with Crippen molar-refractivity contribution in [2.45, 2.75) is 25.8 Å². The molecule has 0 bridgehead atoms. The Morgan fingerprint density at radius 3 is 2.62 bits per heavy atom. The number of nitriles is 1. The van der Waals surface area contributed by atoms with Crippen LogP contribution >= 0.6 is 11.6 Å².